The Kier molecular flexibility index (Phi) is 5.87. The van der Waals surface area contributed by atoms with Crippen molar-refractivity contribution < 1.29 is 14.7 Å². The van der Waals surface area contributed by atoms with Crippen LogP contribution in [0.3, 0.4) is 0 Å². The molecule has 6 nitrogen and oxygen atoms in total. The summed E-state index contributed by atoms with van der Waals surface area (Å²) in [6.45, 7) is -0.210. The number of phenols is 1. The van der Waals surface area contributed by atoms with Crippen molar-refractivity contribution in [3.05, 3.63) is 64.1 Å². The standard InChI is InChI=1S/C16H14BrN3O3/c17-13-7-3-2-6-12(13)16(23)18-10-15(22)20-19-9-11-5-1-4-8-14(11)21/h1-9,21H,10H2,(H,18,23)(H,20,22). The molecular weight excluding hydrogens is 362 g/mol. The lowest BCUT2D eigenvalue weighted by Gasteiger charge is -2.05. The Labute approximate surface area is 141 Å². The number of hydrazone groups is 1. The SMILES string of the molecule is O=C(CNC(=O)c1ccccc1Br)NN=Cc1ccccc1O. The van der Waals surface area contributed by atoms with Gasteiger partial charge < -0.3 is 10.4 Å². The van der Waals surface area contributed by atoms with E-state index in [2.05, 4.69) is 31.8 Å². The van der Waals surface area contributed by atoms with Crippen LogP contribution >= 0.6 is 15.9 Å². The molecule has 3 N–H and O–H groups in total. The fourth-order valence-corrected chi connectivity index (χ4v) is 2.18. The van der Waals surface area contributed by atoms with Crippen LogP contribution in [-0.4, -0.2) is 29.7 Å². The highest BCUT2D eigenvalue weighted by atomic mass is 79.9. The van der Waals surface area contributed by atoms with Crippen LogP contribution in [0.15, 0.2) is 58.1 Å². The van der Waals surface area contributed by atoms with E-state index in [1.807, 2.05) is 0 Å². The quantitative estimate of drug-likeness (QED) is 0.551. The summed E-state index contributed by atoms with van der Waals surface area (Å²) in [5, 5.41) is 15.8. The minimum Gasteiger partial charge on any atom is -0.507 e. The van der Waals surface area contributed by atoms with Crippen LogP contribution in [0.1, 0.15) is 15.9 Å². The number of nitrogens with one attached hydrogen (secondary N) is 2. The van der Waals surface area contributed by atoms with Crippen LogP contribution < -0.4 is 10.7 Å². The zero-order valence-electron chi connectivity index (χ0n) is 12.0. The van der Waals surface area contributed by atoms with Gasteiger partial charge in [0.1, 0.15) is 5.75 Å². The molecule has 0 aliphatic heterocycles. The highest BCUT2D eigenvalue weighted by Crippen LogP contribution is 2.15. The van der Waals surface area contributed by atoms with Gasteiger partial charge in [-0.15, -0.1) is 0 Å². The van der Waals surface area contributed by atoms with Gasteiger partial charge in [0, 0.05) is 10.0 Å². The van der Waals surface area contributed by atoms with Gasteiger partial charge in [-0.25, -0.2) is 5.43 Å². The number of nitrogens with zero attached hydrogens (tertiary/aromatic N) is 1. The largest absolute Gasteiger partial charge is 0.507 e. The Morgan fingerprint density at radius 2 is 1.83 bits per heavy atom. The number of halogens is 1. The van der Waals surface area contributed by atoms with Gasteiger partial charge in [0.25, 0.3) is 11.8 Å². The van der Waals surface area contributed by atoms with E-state index in [4.69, 9.17) is 0 Å². The predicted molar refractivity (Wildman–Crippen MR) is 90.3 cm³/mol. The van der Waals surface area contributed by atoms with Crippen molar-refractivity contribution in [3.63, 3.8) is 0 Å². The molecule has 0 aliphatic rings. The Bertz CT molecular complexity index is 747. The molecule has 0 spiro atoms. The molecule has 0 bridgehead atoms. The van der Waals surface area contributed by atoms with Crippen LogP contribution in [0, 0.1) is 0 Å². The summed E-state index contributed by atoms with van der Waals surface area (Å²) >= 11 is 3.27. The van der Waals surface area contributed by atoms with Crippen molar-refractivity contribution in [2.24, 2.45) is 5.10 Å². The van der Waals surface area contributed by atoms with Crippen molar-refractivity contribution in [2.45, 2.75) is 0 Å². The number of amides is 2. The van der Waals surface area contributed by atoms with Crippen molar-refractivity contribution in [1.82, 2.24) is 10.7 Å². The van der Waals surface area contributed by atoms with E-state index in [1.165, 1.54) is 12.3 Å². The van der Waals surface area contributed by atoms with Gasteiger partial charge in [-0.1, -0.05) is 24.3 Å². The summed E-state index contributed by atoms with van der Waals surface area (Å²) in [7, 11) is 0. The Balaban J connectivity index is 1.83. The minimum atomic E-state index is -0.475. The molecule has 2 aromatic carbocycles. The van der Waals surface area contributed by atoms with E-state index in [0.29, 0.717) is 15.6 Å². The monoisotopic (exact) mass is 375 g/mol. The predicted octanol–water partition coefficient (Wildman–Crippen LogP) is 2.03. The Morgan fingerprint density at radius 3 is 2.57 bits per heavy atom. The third kappa shape index (κ3) is 4.93. The van der Waals surface area contributed by atoms with E-state index in [-0.39, 0.29) is 18.2 Å². The first-order valence-corrected chi connectivity index (χ1v) is 7.50. The molecule has 0 atom stereocenters. The summed E-state index contributed by atoms with van der Waals surface area (Å²) in [6, 6.07) is 13.5. The number of para-hydroxylation sites is 1. The summed E-state index contributed by atoms with van der Waals surface area (Å²) < 4.78 is 0.649. The van der Waals surface area contributed by atoms with Gasteiger partial charge in [0.15, 0.2) is 0 Å². The smallest absolute Gasteiger partial charge is 0.259 e. The highest BCUT2D eigenvalue weighted by molar-refractivity contribution is 9.10. The van der Waals surface area contributed by atoms with Crippen LogP contribution in [0.5, 0.6) is 5.75 Å². The van der Waals surface area contributed by atoms with Crippen LogP contribution in [-0.2, 0) is 4.79 Å². The number of aromatic hydroxyl groups is 1. The molecule has 0 fully saturated rings. The van der Waals surface area contributed by atoms with E-state index in [0.717, 1.165) is 0 Å². The fourth-order valence-electron chi connectivity index (χ4n) is 1.71. The van der Waals surface area contributed by atoms with E-state index >= 15 is 0 Å². The molecular formula is C16H14BrN3O3. The molecule has 0 unspecified atom stereocenters. The van der Waals surface area contributed by atoms with Gasteiger partial charge in [-0.05, 0) is 40.2 Å². The van der Waals surface area contributed by atoms with Gasteiger partial charge in [-0.3, -0.25) is 9.59 Å². The average molecular weight is 376 g/mol. The first kappa shape index (κ1) is 16.7. The van der Waals surface area contributed by atoms with Gasteiger partial charge >= 0.3 is 0 Å². The number of carbonyl (C=O) groups excluding carboxylic acids is 2. The van der Waals surface area contributed by atoms with E-state index in [9.17, 15) is 14.7 Å². The molecule has 118 valence electrons. The number of benzene rings is 2. The topological polar surface area (TPSA) is 90.8 Å². The average Bonchev–Trinajstić information content (AvgIpc) is 2.55. The molecule has 2 aromatic rings. The van der Waals surface area contributed by atoms with E-state index in [1.54, 1.807) is 42.5 Å². The minimum absolute atomic E-state index is 0.0627. The molecule has 0 radical (unpaired) electrons. The second-order valence-corrected chi connectivity index (χ2v) is 5.37. The van der Waals surface area contributed by atoms with Crippen LogP contribution in [0.4, 0.5) is 0 Å². The maximum Gasteiger partial charge on any atom is 0.259 e. The highest BCUT2D eigenvalue weighted by Gasteiger charge is 2.10. The molecule has 7 heteroatoms. The maximum atomic E-state index is 11.9. The second kappa shape index (κ2) is 8.09. The van der Waals surface area contributed by atoms with Crippen LogP contribution in [0.25, 0.3) is 0 Å². The molecule has 23 heavy (non-hydrogen) atoms. The summed E-state index contributed by atoms with van der Waals surface area (Å²) in [6.07, 6.45) is 1.32. The number of rotatable bonds is 5. The molecule has 2 amide bonds. The lowest BCUT2D eigenvalue weighted by molar-refractivity contribution is -0.120. The first-order valence-electron chi connectivity index (χ1n) is 6.70. The number of carbonyl (C=O) groups is 2. The van der Waals surface area contributed by atoms with Crippen molar-refractivity contribution >= 4 is 34.0 Å². The van der Waals surface area contributed by atoms with Gasteiger partial charge in [0.05, 0.1) is 18.3 Å². The molecule has 0 aliphatic carbocycles. The summed E-state index contributed by atoms with van der Waals surface area (Å²) in [5.74, 6) is -0.776. The third-order valence-electron chi connectivity index (χ3n) is 2.86. The zero-order chi connectivity index (χ0) is 16.7. The maximum absolute atomic E-state index is 11.9. The third-order valence-corrected chi connectivity index (χ3v) is 3.55. The second-order valence-electron chi connectivity index (χ2n) is 4.51. The summed E-state index contributed by atoms with van der Waals surface area (Å²) in [4.78, 5) is 23.5. The Morgan fingerprint density at radius 1 is 1.13 bits per heavy atom. The number of hydrogen-bond acceptors (Lipinski definition) is 4. The lowest BCUT2D eigenvalue weighted by Crippen LogP contribution is -2.35. The number of hydrogen-bond donors (Lipinski definition) is 3. The van der Waals surface area contributed by atoms with Crippen molar-refractivity contribution in [1.29, 1.82) is 0 Å². The van der Waals surface area contributed by atoms with Crippen LogP contribution in [0.2, 0.25) is 0 Å². The Hall–Kier alpha value is -2.67. The first-order chi connectivity index (χ1) is 11.1. The molecule has 0 aromatic heterocycles. The number of phenolic OH excluding ortho intramolecular Hbond substituents is 1. The van der Waals surface area contributed by atoms with E-state index < -0.39 is 5.91 Å². The fraction of sp³-hybridized carbons (Fsp3) is 0.0625. The van der Waals surface area contributed by atoms with Gasteiger partial charge in [0.2, 0.25) is 0 Å². The van der Waals surface area contributed by atoms with Gasteiger partial charge in [-0.2, -0.15) is 5.10 Å². The molecule has 0 saturated heterocycles. The lowest BCUT2D eigenvalue weighted by atomic mass is 10.2. The zero-order valence-corrected chi connectivity index (χ0v) is 13.6. The molecule has 0 saturated carbocycles. The molecule has 2 rings (SSSR count). The molecule has 0 heterocycles. The normalized spacial score (nSPS) is 10.5. The summed E-state index contributed by atoms with van der Waals surface area (Å²) in [5.41, 5.74) is 3.19. The van der Waals surface area contributed by atoms with Crippen molar-refractivity contribution in [3.8, 4) is 5.75 Å². The van der Waals surface area contributed by atoms with Crippen molar-refractivity contribution in [2.75, 3.05) is 6.54 Å².